The minimum absolute atomic E-state index is 0.239. The van der Waals surface area contributed by atoms with E-state index < -0.39 is 0 Å². The van der Waals surface area contributed by atoms with Gasteiger partial charge in [-0.25, -0.2) is 15.1 Å². The number of fused-ring (bicyclic) bond motifs is 2. The second-order valence-electron chi connectivity index (χ2n) is 6.56. The number of ether oxygens (including phenoxy) is 1. The van der Waals surface area contributed by atoms with Crippen molar-refractivity contribution >= 4 is 6.03 Å². The number of nitrogens with one attached hydrogen (secondary N) is 2. The summed E-state index contributed by atoms with van der Waals surface area (Å²) in [5.41, 5.74) is 2.49. The smallest absolute Gasteiger partial charge is 0.339 e. The summed E-state index contributed by atoms with van der Waals surface area (Å²) in [5, 5.41) is 3.05. The van der Waals surface area contributed by atoms with E-state index in [2.05, 4.69) is 22.7 Å². The lowest BCUT2D eigenvalue weighted by molar-refractivity contribution is -0.186. The third-order valence-corrected chi connectivity index (χ3v) is 5.10. The molecule has 3 aliphatic rings. The summed E-state index contributed by atoms with van der Waals surface area (Å²) in [6.07, 6.45) is 8.62. The highest BCUT2D eigenvalue weighted by molar-refractivity contribution is 5.73. The third-order valence-electron chi connectivity index (χ3n) is 5.10. The number of amides is 2. The maximum Gasteiger partial charge on any atom is 0.339 e. The molecule has 0 saturated carbocycles. The molecule has 21 heavy (non-hydrogen) atoms. The summed E-state index contributed by atoms with van der Waals surface area (Å²) in [6.45, 7) is 0.715. The van der Waals surface area contributed by atoms with E-state index in [4.69, 9.17) is 9.57 Å². The van der Waals surface area contributed by atoms with E-state index in [1.165, 1.54) is 19.3 Å². The van der Waals surface area contributed by atoms with E-state index in [0.717, 1.165) is 32.1 Å². The second-order valence-corrected chi connectivity index (χ2v) is 6.56. The van der Waals surface area contributed by atoms with Crippen LogP contribution in [-0.2, 0) is 9.57 Å². The van der Waals surface area contributed by atoms with E-state index in [1.807, 2.05) is 0 Å². The van der Waals surface area contributed by atoms with Crippen LogP contribution in [0.4, 0.5) is 4.79 Å². The van der Waals surface area contributed by atoms with Crippen molar-refractivity contribution in [2.75, 3.05) is 13.7 Å². The van der Waals surface area contributed by atoms with Gasteiger partial charge < -0.3 is 15.0 Å². The van der Waals surface area contributed by atoms with Gasteiger partial charge >= 0.3 is 6.03 Å². The van der Waals surface area contributed by atoms with Gasteiger partial charge in [-0.15, -0.1) is 0 Å². The van der Waals surface area contributed by atoms with E-state index in [-0.39, 0.29) is 18.4 Å². The molecule has 6 heteroatoms. The van der Waals surface area contributed by atoms with Gasteiger partial charge in [-0.05, 0) is 45.6 Å². The summed E-state index contributed by atoms with van der Waals surface area (Å²) < 4.78 is 5.42. The Morgan fingerprint density at radius 3 is 2.57 bits per heavy atom. The zero-order valence-electron chi connectivity index (χ0n) is 12.8. The highest BCUT2D eigenvalue weighted by Crippen LogP contribution is 2.32. The van der Waals surface area contributed by atoms with Crippen LogP contribution in [0.5, 0.6) is 0 Å². The average Bonchev–Trinajstić information content (AvgIpc) is 2.47. The van der Waals surface area contributed by atoms with Gasteiger partial charge in [0.05, 0.1) is 0 Å². The molecule has 3 atom stereocenters. The molecule has 3 saturated heterocycles. The normalized spacial score (nSPS) is 37.0. The summed E-state index contributed by atoms with van der Waals surface area (Å²) in [4.78, 5) is 19.7. The maximum absolute atomic E-state index is 11.9. The van der Waals surface area contributed by atoms with E-state index in [1.54, 1.807) is 0 Å². The van der Waals surface area contributed by atoms with E-state index in [0.29, 0.717) is 18.7 Å². The van der Waals surface area contributed by atoms with Crippen molar-refractivity contribution < 1.29 is 14.4 Å². The fourth-order valence-electron chi connectivity index (χ4n) is 3.87. The zero-order chi connectivity index (χ0) is 14.7. The maximum atomic E-state index is 11.9. The van der Waals surface area contributed by atoms with Crippen LogP contribution >= 0.6 is 0 Å². The summed E-state index contributed by atoms with van der Waals surface area (Å²) in [6, 6.07) is 1.25. The molecule has 0 aromatic heterocycles. The van der Waals surface area contributed by atoms with Gasteiger partial charge in [-0.3, -0.25) is 0 Å². The number of carbonyl (C=O) groups is 1. The number of piperidine rings is 2. The molecular formula is C15H27N3O3. The minimum Gasteiger partial charge on any atom is -0.350 e. The Labute approximate surface area is 126 Å². The van der Waals surface area contributed by atoms with Crippen LogP contribution in [-0.4, -0.2) is 49.0 Å². The van der Waals surface area contributed by atoms with Crippen molar-refractivity contribution in [2.45, 2.75) is 75.8 Å². The van der Waals surface area contributed by atoms with E-state index in [9.17, 15) is 4.79 Å². The number of urea groups is 1. The Balaban J connectivity index is 1.40. The van der Waals surface area contributed by atoms with Crippen molar-refractivity contribution in [3.05, 3.63) is 0 Å². The first kappa shape index (κ1) is 15.1. The number of hydroxylamine groups is 1. The lowest BCUT2D eigenvalue weighted by atomic mass is 9.82. The Morgan fingerprint density at radius 1 is 1.14 bits per heavy atom. The zero-order valence-corrected chi connectivity index (χ0v) is 12.8. The predicted octanol–water partition coefficient (Wildman–Crippen LogP) is 1.76. The van der Waals surface area contributed by atoms with E-state index >= 15 is 0 Å². The summed E-state index contributed by atoms with van der Waals surface area (Å²) >= 11 is 0. The molecule has 120 valence electrons. The van der Waals surface area contributed by atoms with Crippen molar-refractivity contribution in [2.24, 2.45) is 0 Å². The summed E-state index contributed by atoms with van der Waals surface area (Å²) in [7, 11) is 2.22. The molecule has 0 aromatic carbocycles. The molecule has 3 heterocycles. The SMILES string of the molecule is CN1C2CCCC1CC(NC(=O)NOC1CCCCO1)C2. The van der Waals surface area contributed by atoms with Crippen LogP contribution in [0.2, 0.25) is 0 Å². The Morgan fingerprint density at radius 2 is 1.90 bits per heavy atom. The van der Waals surface area contributed by atoms with Gasteiger partial charge in [0, 0.05) is 31.2 Å². The first-order valence-electron chi connectivity index (χ1n) is 8.28. The van der Waals surface area contributed by atoms with Crippen LogP contribution in [0.3, 0.4) is 0 Å². The highest BCUT2D eigenvalue weighted by atomic mass is 16.8. The molecule has 3 rings (SSSR count). The van der Waals surface area contributed by atoms with Gasteiger partial charge in [-0.2, -0.15) is 0 Å². The molecule has 6 nitrogen and oxygen atoms in total. The quantitative estimate of drug-likeness (QED) is 0.779. The molecule has 3 fully saturated rings. The Hall–Kier alpha value is -0.850. The number of hydrogen-bond acceptors (Lipinski definition) is 4. The fourth-order valence-corrected chi connectivity index (χ4v) is 3.87. The van der Waals surface area contributed by atoms with Crippen LogP contribution < -0.4 is 10.8 Å². The van der Waals surface area contributed by atoms with Gasteiger partial charge in [0.2, 0.25) is 0 Å². The summed E-state index contributed by atoms with van der Waals surface area (Å²) in [5.74, 6) is 0. The molecule has 0 spiro atoms. The van der Waals surface area contributed by atoms with Crippen molar-refractivity contribution in [1.29, 1.82) is 0 Å². The molecule has 2 bridgehead atoms. The molecule has 3 unspecified atom stereocenters. The highest BCUT2D eigenvalue weighted by Gasteiger charge is 2.36. The van der Waals surface area contributed by atoms with Crippen molar-refractivity contribution in [3.8, 4) is 0 Å². The molecule has 2 N–H and O–H groups in total. The minimum atomic E-state index is -0.290. The van der Waals surface area contributed by atoms with Crippen molar-refractivity contribution in [1.82, 2.24) is 15.7 Å². The molecule has 0 aromatic rings. The number of carbonyl (C=O) groups excluding carboxylic acids is 1. The lowest BCUT2D eigenvalue weighted by Crippen LogP contribution is -2.56. The molecule has 2 amide bonds. The number of nitrogens with zero attached hydrogens (tertiary/aromatic N) is 1. The monoisotopic (exact) mass is 297 g/mol. The average molecular weight is 297 g/mol. The van der Waals surface area contributed by atoms with Crippen LogP contribution in [0.25, 0.3) is 0 Å². The fraction of sp³-hybridized carbons (Fsp3) is 0.933. The molecule has 0 aliphatic carbocycles. The lowest BCUT2D eigenvalue weighted by Gasteiger charge is -2.47. The second kappa shape index (κ2) is 6.94. The Kier molecular flexibility index (Phi) is 4.98. The standard InChI is InChI=1S/C15H27N3O3/c1-18-12-5-4-6-13(18)10-11(9-12)16-15(19)17-21-14-7-2-3-8-20-14/h11-14H,2-10H2,1H3,(H2,16,17,19). The first-order valence-corrected chi connectivity index (χ1v) is 8.28. The van der Waals surface area contributed by atoms with Gasteiger partial charge in [0.15, 0.2) is 6.29 Å². The number of rotatable bonds is 3. The third kappa shape index (κ3) is 3.87. The first-order chi connectivity index (χ1) is 10.2. The molecular weight excluding hydrogens is 270 g/mol. The molecule has 0 radical (unpaired) electrons. The van der Waals surface area contributed by atoms with Crippen LogP contribution in [0.15, 0.2) is 0 Å². The Bertz CT molecular complexity index is 346. The largest absolute Gasteiger partial charge is 0.350 e. The van der Waals surface area contributed by atoms with Crippen molar-refractivity contribution in [3.63, 3.8) is 0 Å². The van der Waals surface area contributed by atoms with Gasteiger partial charge in [-0.1, -0.05) is 6.42 Å². The predicted molar refractivity (Wildman–Crippen MR) is 78.6 cm³/mol. The van der Waals surface area contributed by atoms with Gasteiger partial charge in [0.25, 0.3) is 0 Å². The molecule has 3 aliphatic heterocycles. The van der Waals surface area contributed by atoms with Crippen LogP contribution in [0, 0.1) is 0 Å². The topological polar surface area (TPSA) is 62.8 Å². The van der Waals surface area contributed by atoms with Crippen LogP contribution in [0.1, 0.15) is 51.4 Å². The van der Waals surface area contributed by atoms with Gasteiger partial charge in [0.1, 0.15) is 0 Å². The number of hydrogen-bond donors (Lipinski definition) is 2.